The fourth-order valence-electron chi connectivity index (χ4n) is 3.37. The Hall–Kier alpha value is -2.25. The molecule has 2 heterocycles. The number of pyridine rings is 1. The van der Waals surface area contributed by atoms with E-state index in [0.29, 0.717) is 36.2 Å². The SMILES string of the molecule is C[C@H]1C[C@H](C)CN(S(=O)(=O)c2ccc(NC(=O)c3ccncc3)cc2)C1. The number of piperidine rings is 1. The Morgan fingerprint density at radius 1 is 1.04 bits per heavy atom. The van der Waals surface area contributed by atoms with Gasteiger partial charge in [0.25, 0.3) is 5.91 Å². The summed E-state index contributed by atoms with van der Waals surface area (Å²) in [5, 5.41) is 2.76. The van der Waals surface area contributed by atoms with Crippen LogP contribution in [0.15, 0.2) is 53.7 Å². The second kappa shape index (κ2) is 7.55. The molecule has 3 rings (SSSR count). The maximum atomic E-state index is 12.9. The Labute approximate surface area is 154 Å². The monoisotopic (exact) mass is 373 g/mol. The van der Waals surface area contributed by atoms with E-state index in [-0.39, 0.29) is 10.8 Å². The van der Waals surface area contributed by atoms with Crippen LogP contribution >= 0.6 is 0 Å². The van der Waals surface area contributed by atoms with Crippen molar-refractivity contribution < 1.29 is 13.2 Å². The number of carbonyl (C=O) groups excluding carboxylic acids is 1. The second-order valence-electron chi connectivity index (χ2n) is 6.98. The summed E-state index contributed by atoms with van der Waals surface area (Å²) in [6, 6.07) is 9.55. The zero-order chi connectivity index (χ0) is 18.7. The molecule has 1 aliphatic heterocycles. The zero-order valence-electron chi connectivity index (χ0n) is 14.9. The van der Waals surface area contributed by atoms with E-state index >= 15 is 0 Å². The fourth-order valence-corrected chi connectivity index (χ4v) is 5.05. The van der Waals surface area contributed by atoms with Crippen molar-refractivity contribution in [1.29, 1.82) is 0 Å². The summed E-state index contributed by atoms with van der Waals surface area (Å²) in [7, 11) is -3.51. The molecule has 1 N–H and O–H groups in total. The lowest BCUT2D eigenvalue weighted by atomic mass is 9.94. The van der Waals surface area contributed by atoms with Crippen LogP contribution in [0.3, 0.4) is 0 Å². The van der Waals surface area contributed by atoms with Crippen molar-refractivity contribution in [2.45, 2.75) is 25.2 Å². The molecule has 7 heteroatoms. The van der Waals surface area contributed by atoms with Crippen molar-refractivity contribution in [3.63, 3.8) is 0 Å². The Morgan fingerprint density at radius 2 is 1.62 bits per heavy atom. The Balaban J connectivity index is 1.73. The number of anilines is 1. The average Bonchev–Trinajstić information content (AvgIpc) is 2.62. The van der Waals surface area contributed by atoms with Crippen LogP contribution < -0.4 is 5.32 Å². The maximum absolute atomic E-state index is 12.9. The molecular formula is C19H23N3O3S. The van der Waals surface area contributed by atoms with Gasteiger partial charge in [-0.2, -0.15) is 4.31 Å². The summed E-state index contributed by atoms with van der Waals surface area (Å²) < 4.78 is 27.3. The predicted octanol–water partition coefficient (Wildman–Crippen LogP) is 3.00. The zero-order valence-corrected chi connectivity index (χ0v) is 15.7. The Morgan fingerprint density at radius 3 is 2.19 bits per heavy atom. The molecular weight excluding hydrogens is 350 g/mol. The van der Waals surface area contributed by atoms with E-state index in [4.69, 9.17) is 0 Å². The van der Waals surface area contributed by atoms with Gasteiger partial charge in [-0.05, 0) is 54.7 Å². The molecule has 0 spiro atoms. The first-order chi connectivity index (χ1) is 12.4. The summed E-state index contributed by atoms with van der Waals surface area (Å²) in [6.07, 6.45) is 4.14. The van der Waals surface area contributed by atoms with Crippen molar-refractivity contribution in [1.82, 2.24) is 9.29 Å². The molecule has 26 heavy (non-hydrogen) atoms. The third kappa shape index (κ3) is 4.11. The van der Waals surface area contributed by atoms with Crippen molar-refractivity contribution in [3.8, 4) is 0 Å². The van der Waals surface area contributed by atoms with Gasteiger partial charge in [0.2, 0.25) is 10.0 Å². The van der Waals surface area contributed by atoms with E-state index < -0.39 is 10.0 Å². The summed E-state index contributed by atoms with van der Waals surface area (Å²) in [6.45, 7) is 5.26. The first kappa shape index (κ1) is 18.5. The highest BCUT2D eigenvalue weighted by molar-refractivity contribution is 7.89. The molecule has 1 saturated heterocycles. The fraction of sp³-hybridized carbons (Fsp3) is 0.368. The normalized spacial score (nSPS) is 21.3. The molecule has 1 aromatic heterocycles. The van der Waals surface area contributed by atoms with Gasteiger partial charge in [0.1, 0.15) is 0 Å². The molecule has 1 fully saturated rings. The van der Waals surface area contributed by atoms with Crippen molar-refractivity contribution in [3.05, 3.63) is 54.4 Å². The van der Waals surface area contributed by atoms with Crippen LogP contribution in [-0.2, 0) is 10.0 Å². The Bertz CT molecular complexity index is 857. The van der Waals surface area contributed by atoms with Crippen molar-refractivity contribution >= 4 is 21.6 Å². The number of rotatable bonds is 4. The summed E-state index contributed by atoms with van der Waals surface area (Å²) in [5.41, 5.74) is 1.04. The molecule has 0 bridgehead atoms. The van der Waals surface area contributed by atoms with Gasteiger partial charge in [0.05, 0.1) is 4.90 Å². The molecule has 0 radical (unpaired) electrons. The molecule has 1 aliphatic rings. The van der Waals surface area contributed by atoms with Gasteiger partial charge in [-0.15, -0.1) is 0 Å². The molecule has 1 aromatic carbocycles. The highest BCUT2D eigenvalue weighted by atomic mass is 32.2. The van der Waals surface area contributed by atoms with Gasteiger partial charge >= 0.3 is 0 Å². The highest BCUT2D eigenvalue weighted by Crippen LogP contribution is 2.27. The van der Waals surface area contributed by atoms with Crippen LogP contribution in [0.5, 0.6) is 0 Å². The van der Waals surface area contributed by atoms with Gasteiger partial charge in [0, 0.05) is 36.7 Å². The number of nitrogens with one attached hydrogen (secondary N) is 1. The molecule has 138 valence electrons. The number of sulfonamides is 1. The third-order valence-corrected chi connectivity index (χ3v) is 6.37. The summed E-state index contributed by atoms with van der Waals surface area (Å²) in [4.78, 5) is 16.3. The van der Waals surface area contributed by atoms with Crippen LogP contribution in [0, 0.1) is 11.8 Å². The smallest absolute Gasteiger partial charge is 0.255 e. The van der Waals surface area contributed by atoms with Crippen LogP contribution in [0.2, 0.25) is 0 Å². The van der Waals surface area contributed by atoms with E-state index in [9.17, 15) is 13.2 Å². The lowest BCUT2D eigenvalue weighted by Gasteiger charge is -2.34. The number of hydrogen-bond acceptors (Lipinski definition) is 4. The molecule has 0 aliphatic carbocycles. The first-order valence-corrected chi connectivity index (χ1v) is 10.1. The van der Waals surface area contributed by atoms with Crippen LogP contribution in [0.25, 0.3) is 0 Å². The average molecular weight is 373 g/mol. The van der Waals surface area contributed by atoms with Gasteiger partial charge in [-0.25, -0.2) is 8.42 Å². The summed E-state index contributed by atoms with van der Waals surface area (Å²) in [5.74, 6) is 0.446. The van der Waals surface area contributed by atoms with Gasteiger partial charge < -0.3 is 5.32 Å². The molecule has 0 unspecified atom stereocenters. The van der Waals surface area contributed by atoms with E-state index in [1.165, 1.54) is 0 Å². The van der Waals surface area contributed by atoms with Gasteiger partial charge in [-0.1, -0.05) is 13.8 Å². The van der Waals surface area contributed by atoms with Crippen LogP contribution in [0.4, 0.5) is 5.69 Å². The number of amides is 1. The standard InChI is InChI=1S/C19H23N3O3S/c1-14-11-15(2)13-22(12-14)26(24,25)18-5-3-17(4-6-18)21-19(23)16-7-9-20-10-8-16/h3-10,14-15H,11-13H2,1-2H3,(H,21,23)/t14-,15-/m0/s1. The second-order valence-corrected chi connectivity index (χ2v) is 8.92. The van der Waals surface area contributed by atoms with Crippen LogP contribution in [0.1, 0.15) is 30.6 Å². The lowest BCUT2D eigenvalue weighted by Crippen LogP contribution is -2.42. The lowest BCUT2D eigenvalue weighted by molar-refractivity contribution is 0.102. The molecule has 2 atom stereocenters. The Kier molecular flexibility index (Phi) is 5.38. The minimum absolute atomic E-state index is 0.251. The number of hydrogen-bond donors (Lipinski definition) is 1. The maximum Gasteiger partial charge on any atom is 0.255 e. The topological polar surface area (TPSA) is 79.4 Å². The molecule has 2 aromatic rings. The van der Waals surface area contributed by atoms with Crippen molar-refractivity contribution in [2.24, 2.45) is 11.8 Å². The molecule has 6 nitrogen and oxygen atoms in total. The first-order valence-electron chi connectivity index (χ1n) is 8.68. The minimum Gasteiger partial charge on any atom is -0.322 e. The largest absolute Gasteiger partial charge is 0.322 e. The third-order valence-electron chi connectivity index (χ3n) is 4.53. The minimum atomic E-state index is -3.51. The van der Waals surface area contributed by atoms with E-state index in [1.807, 2.05) is 0 Å². The van der Waals surface area contributed by atoms with Gasteiger partial charge in [0.15, 0.2) is 0 Å². The quantitative estimate of drug-likeness (QED) is 0.893. The van der Waals surface area contributed by atoms with E-state index in [0.717, 1.165) is 6.42 Å². The predicted molar refractivity (Wildman–Crippen MR) is 100 cm³/mol. The number of carbonyl (C=O) groups is 1. The number of benzene rings is 1. The van der Waals surface area contributed by atoms with E-state index in [1.54, 1.807) is 53.1 Å². The van der Waals surface area contributed by atoms with Crippen LogP contribution in [-0.4, -0.2) is 36.7 Å². The van der Waals surface area contributed by atoms with Crippen molar-refractivity contribution in [2.75, 3.05) is 18.4 Å². The number of nitrogens with zero attached hydrogens (tertiary/aromatic N) is 2. The van der Waals surface area contributed by atoms with E-state index in [2.05, 4.69) is 24.1 Å². The summed E-state index contributed by atoms with van der Waals surface area (Å²) >= 11 is 0. The number of aromatic nitrogens is 1. The van der Waals surface area contributed by atoms with Gasteiger partial charge in [-0.3, -0.25) is 9.78 Å². The highest BCUT2D eigenvalue weighted by Gasteiger charge is 2.31. The molecule has 1 amide bonds. The molecule has 0 saturated carbocycles.